The molecular formula is C21H21N5O4S. The lowest BCUT2D eigenvalue weighted by molar-refractivity contribution is 0.376. The zero-order valence-electron chi connectivity index (χ0n) is 17.2. The van der Waals surface area contributed by atoms with Gasteiger partial charge in [0.15, 0.2) is 0 Å². The Labute approximate surface area is 178 Å². The molecule has 9 nitrogen and oxygen atoms in total. The van der Waals surface area contributed by atoms with E-state index in [1.807, 2.05) is 13.8 Å². The highest BCUT2D eigenvalue weighted by Gasteiger charge is 2.17. The van der Waals surface area contributed by atoms with E-state index in [0.717, 1.165) is 0 Å². The van der Waals surface area contributed by atoms with Crippen LogP contribution >= 0.6 is 0 Å². The quantitative estimate of drug-likeness (QED) is 0.490. The van der Waals surface area contributed by atoms with Crippen molar-refractivity contribution in [2.24, 2.45) is 0 Å². The number of hydrogen-bond acceptors (Lipinski definition) is 7. The van der Waals surface area contributed by atoms with Crippen LogP contribution in [0.4, 0.5) is 0 Å². The molecule has 0 aliphatic heterocycles. The maximum absolute atomic E-state index is 12.4. The summed E-state index contributed by atoms with van der Waals surface area (Å²) in [6.45, 7) is 5.42. The average molecular weight is 439 g/mol. The zero-order valence-corrected chi connectivity index (χ0v) is 18.0. The molecule has 0 atom stereocenters. The predicted molar refractivity (Wildman–Crippen MR) is 115 cm³/mol. The lowest BCUT2D eigenvalue weighted by Crippen LogP contribution is -2.25. The number of nitrogens with zero attached hydrogens (tertiary/aromatic N) is 4. The molecule has 2 heterocycles. The van der Waals surface area contributed by atoms with E-state index in [1.54, 1.807) is 47.9 Å². The van der Waals surface area contributed by atoms with Crippen molar-refractivity contribution >= 4 is 21.1 Å². The molecule has 2 aromatic carbocycles. The molecule has 31 heavy (non-hydrogen) atoms. The highest BCUT2D eigenvalue weighted by atomic mass is 32.2. The lowest BCUT2D eigenvalue weighted by atomic mass is 10.1. The summed E-state index contributed by atoms with van der Waals surface area (Å²) < 4.78 is 34.0. The first kappa shape index (κ1) is 20.9. The molecular weight excluding hydrogens is 418 g/mol. The van der Waals surface area contributed by atoms with Crippen molar-refractivity contribution in [3.05, 3.63) is 70.5 Å². The van der Waals surface area contributed by atoms with Crippen LogP contribution in [0.1, 0.15) is 31.5 Å². The second-order valence-electron chi connectivity index (χ2n) is 7.32. The Hall–Kier alpha value is -3.37. The third-order valence-corrected chi connectivity index (χ3v) is 6.18. The normalized spacial score (nSPS) is 12.0. The largest absolute Gasteiger partial charge is 0.338 e. The van der Waals surface area contributed by atoms with Crippen LogP contribution in [-0.4, -0.2) is 28.1 Å². The van der Waals surface area contributed by atoms with E-state index in [4.69, 9.17) is 4.52 Å². The molecule has 0 spiro atoms. The van der Waals surface area contributed by atoms with Crippen LogP contribution in [0.15, 0.2) is 62.7 Å². The first-order valence-electron chi connectivity index (χ1n) is 9.67. The van der Waals surface area contributed by atoms with Gasteiger partial charge in [-0.1, -0.05) is 23.4 Å². The van der Waals surface area contributed by atoms with E-state index in [9.17, 15) is 13.2 Å². The van der Waals surface area contributed by atoms with Crippen molar-refractivity contribution in [2.75, 3.05) is 0 Å². The van der Waals surface area contributed by atoms with Crippen LogP contribution in [0.5, 0.6) is 0 Å². The minimum atomic E-state index is -3.68. The number of benzene rings is 2. The molecule has 0 unspecified atom stereocenters. The van der Waals surface area contributed by atoms with Gasteiger partial charge in [0.2, 0.25) is 21.7 Å². The maximum Gasteiger partial charge on any atom is 0.272 e. The van der Waals surface area contributed by atoms with Crippen molar-refractivity contribution in [1.29, 1.82) is 0 Å². The standard InChI is InChI=1S/C21H21N5O4S/c1-13(2)26-18-10-9-15(11-17(18)23-14(3)21(26)27)20-24-19(30-25-20)12-22-31(28,29)16-7-5-4-6-8-16/h4-11,13,22H,12H2,1-3H3. The Morgan fingerprint density at radius 1 is 1.10 bits per heavy atom. The minimum Gasteiger partial charge on any atom is -0.338 e. The summed E-state index contributed by atoms with van der Waals surface area (Å²) in [5.41, 5.74) is 2.28. The highest BCUT2D eigenvalue weighted by molar-refractivity contribution is 7.89. The Bertz CT molecular complexity index is 1410. The summed E-state index contributed by atoms with van der Waals surface area (Å²) in [6, 6.07) is 13.4. The topological polar surface area (TPSA) is 120 Å². The molecule has 0 aliphatic carbocycles. The summed E-state index contributed by atoms with van der Waals surface area (Å²) in [5.74, 6) is 0.434. The summed E-state index contributed by atoms with van der Waals surface area (Å²) in [4.78, 5) is 21.3. The molecule has 0 saturated heterocycles. The van der Waals surface area contributed by atoms with Crippen molar-refractivity contribution in [1.82, 2.24) is 24.4 Å². The van der Waals surface area contributed by atoms with Crippen LogP contribution in [-0.2, 0) is 16.6 Å². The number of sulfonamides is 1. The third-order valence-electron chi connectivity index (χ3n) is 4.76. The smallest absolute Gasteiger partial charge is 0.272 e. The molecule has 2 aromatic heterocycles. The first-order valence-corrected chi connectivity index (χ1v) is 11.1. The number of rotatable bonds is 6. The molecule has 0 radical (unpaired) electrons. The molecule has 4 rings (SSSR count). The van der Waals surface area contributed by atoms with Gasteiger partial charge >= 0.3 is 0 Å². The maximum atomic E-state index is 12.4. The number of fused-ring (bicyclic) bond motifs is 1. The van der Waals surface area contributed by atoms with Gasteiger partial charge in [-0.25, -0.2) is 18.1 Å². The summed E-state index contributed by atoms with van der Waals surface area (Å²) in [6.07, 6.45) is 0. The molecule has 0 aliphatic rings. The molecule has 0 amide bonds. The fourth-order valence-electron chi connectivity index (χ4n) is 3.26. The van der Waals surface area contributed by atoms with Crippen LogP contribution in [0, 0.1) is 6.92 Å². The SMILES string of the molecule is Cc1nc2cc(-c3noc(CNS(=O)(=O)c4ccccc4)n3)ccc2n(C(C)C)c1=O. The van der Waals surface area contributed by atoms with Crippen molar-refractivity contribution in [3.63, 3.8) is 0 Å². The Morgan fingerprint density at radius 3 is 2.55 bits per heavy atom. The van der Waals surface area contributed by atoms with Gasteiger partial charge in [-0.2, -0.15) is 4.98 Å². The number of nitrogens with one attached hydrogen (secondary N) is 1. The Balaban J connectivity index is 1.60. The minimum absolute atomic E-state index is 0.0167. The van der Waals surface area contributed by atoms with Crippen molar-refractivity contribution in [2.45, 2.75) is 38.3 Å². The fourth-order valence-corrected chi connectivity index (χ4v) is 4.26. The molecule has 4 aromatic rings. The predicted octanol–water partition coefficient (Wildman–Crippen LogP) is 2.81. The van der Waals surface area contributed by atoms with Gasteiger partial charge in [-0.15, -0.1) is 0 Å². The molecule has 1 N–H and O–H groups in total. The van der Waals surface area contributed by atoms with Crippen molar-refractivity contribution in [3.8, 4) is 11.4 Å². The number of hydrogen-bond donors (Lipinski definition) is 1. The second-order valence-corrected chi connectivity index (χ2v) is 9.09. The van der Waals surface area contributed by atoms with Crippen LogP contribution in [0.25, 0.3) is 22.4 Å². The zero-order chi connectivity index (χ0) is 22.2. The lowest BCUT2D eigenvalue weighted by Gasteiger charge is -2.14. The van der Waals surface area contributed by atoms with Crippen LogP contribution < -0.4 is 10.3 Å². The average Bonchev–Trinajstić information content (AvgIpc) is 3.22. The van der Waals surface area contributed by atoms with E-state index >= 15 is 0 Å². The van der Waals surface area contributed by atoms with E-state index < -0.39 is 10.0 Å². The summed E-state index contributed by atoms with van der Waals surface area (Å²) in [7, 11) is -3.68. The highest BCUT2D eigenvalue weighted by Crippen LogP contribution is 2.22. The van der Waals surface area contributed by atoms with Gasteiger partial charge in [-0.05, 0) is 51.1 Å². The Kier molecular flexibility index (Phi) is 5.42. The molecule has 0 saturated carbocycles. The van der Waals surface area contributed by atoms with E-state index in [0.29, 0.717) is 28.1 Å². The number of aryl methyl sites for hydroxylation is 1. The molecule has 0 fully saturated rings. The van der Waals surface area contributed by atoms with Gasteiger partial charge in [0.05, 0.1) is 22.5 Å². The summed E-state index contributed by atoms with van der Waals surface area (Å²) in [5, 5.41) is 3.95. The number of aromatic nitrogens is 4. The van der Waals surface area contributed by atoms with Crippen LogP contribution in [0.3, 0.4) is 0 Å². The van der Waals surface area contributed by atoms with E-state index in [2.05, 4.69) is 19.8 Å². The summed E-state index contributed by atoms with van der Waals surface area (Å²) >= 11 is 0. The second kappa shape index (κ2) is 8.05. The van der Waals surface area contributed by atoms with Gasteiger partial charge < -0.3 is 9.09 Å². The van der Waals surface area contributed by atoms with Crippen LogP contribution in [0.2, 0.25) is 0 Å². The molecule has 0 bridgehead atoms. The van der Waals surface area contributed by atoms with Gasteiger partial charge in [0.25, 0.3) is 5.56 Å². The molecule has 10 heteroatoms. The monoisotopic (exact) mass is 439 g/mol. The fraction of sp³-hybridized carbons (Fsp3) is 0.238. The van der Waals surface area contributed by atoms with Crippen molar-refractivity contribution < 1.29 is 12.9 Å². The van der Waals surface area contributed by atoms with Gasteiger partial charge in [0, 0.05) is 11.6 Å². The first-order chi connectivity index (χ1) is 14.8. The van der Waals surface area contributed by atoms with E-state index in [1.165, 1.54) is 12.1 Å². The Morgan fingerprint density at radius 2 is 1.84 bits per heavy atom. The third kappa shape index (κ3) is 4.12. The molecule has 160 valence electrons. The van der Waals surface area contributed by atoms with Gasteiger partial charge in [-0.3, -0.25) is 4.79 Å². The van der Waals surface area contributed by atoms with Gasteiger partial charge in [0.1, 0.15) is 5.69 Å². The van der Waals surface area contributed by atoms with E-state index in [-0.39, 0.29) is 28.9 Å².